The van der Waals surface area contributed by atoms with Crippen molar-refractivity contribution in [3.8, 4) is 0 Å². The number of carbonyl (C=O) groups is 1. The number of carbonyl (C=O) groups excluding carboxylic acids is 1. The van der Waals surface area contributed by atoms with Gasteiger partial charge in [0, 0.05) is 30.3 Å². The normalized spacial score (nSPS) is 10.3. The van der Waals surface area contributed by atoms with Gasteiger partial charge in [0.15, 0.2) is 0 Å². The second-order valence-corrected chi connectivity index (χ2v) is 4.33. The van der Waals surface area contributed by atoms with Crippen molar-refractivity contribution in [2.24, 2.45) is 0 Å². The molecule has 104 valence electrons. The number of aromatic nitrogens is 2. The smallest absolute Gasteiger partial charge is 0.251 e. The number of H-pyrrole nitrogens is 1. The van der Waals surface area contributed by atoms with E-state index in [1.165, 1.54) is 30.3 Å². The van der Waals surface area contributed by atoms with E-state index >= 15 is 0 Å². The molecule has 1 amide bonds. The molecule has 1 aromatic carbocycles. The van der Waals surface area contributed by atoms with Crippen LogP contribution in [0.4, 0.5) is 4.39 Å². The number of aromatic amines is 1. The lowest BCUT2D eigenvalue weighted by Gasteiger charge is -2.05. The molecule has 0 atom stereocenters. The van der Waals surface area contributed by atoms with Gasteiger partial charge >= 0.3 is 0 Å². The van der Waals surface area contributed by atoms with E-state index in [-0.39, 0.29) is 17.3 Å². The zero-order valence-electron chi connectivity index (χ0n) is 10.9. The SMILES string of the molecule is Cc1nc(CCNC(=O)c2ccc(F)cc2)cc(=O)[nH]1. The minimum absolute atomic E-state index is 0.211. The first-order valence-corrected chi connectivity index (χ1v) is 6.15. The third-order valence-electron chi connectivity index (χ3n) is 2.69. The predicted octanol–water partition coefficient (Wildman–Crippen LogP) is 1.19. The summed E-state index contributed by atoms with van der Waals surface area (Å²) in [5.74, 6) is -0.131. The molecule has 0 bridgehead atoms. The molecule has 0 saturated heterocycles. The van der Waals surface area contributed by atoms with Crippen LogP contribution in [0, 0.1) is 12.7 Å². The van der Waals surface area contributed by atoms with Crippen molar-refractivity contribution in [3.63, 3.8) is 0 Å². The van der Waals surface area contributed by atoms with Crippen molar-refractivity contribution in [1.82, 2.24) is 15.3 Å². The number of rotatable bonds is 4. The molecular weight excluding hydrogens is 261 g/mol. The maximum atomic E-state index is 12.7. The highest BCUT2D eigenvalue weighted by Gasteiger charge is 2.05. The lowest BCUT2D eigenvalue weighted by Crippen LogP contribution is -2.26. The van der Waals surface area contributed by atoms with Crippen molar-refractivity contribution >= 4 is 5.91 Å². The number of nitrogens with zero attached hydrogens (tertiary/aromatic N) is 1. The van der Waals surface area contributed by atoms with E-state index in [0.717, 1.165) is 0 Å². The second kappa shape index (κ2) is 6.10. The Morgan fingerprint density at radius 2 is 2.05 bits per heavy atom. The molecule has 0 fully saturated rings. The standard InChI is InChI=1S/C14H14FN3O2/c1-9-17-12(8-13(19)18-9)6-7-16-14(20)10-2-4-11(15)5-3-10/h2-5,8H,6-7H2,1H3,(H,16,20)(H,17,18,19). The van der Waals surface area contributed by atoms with Gasteiger partial charge in [0.25, 0.3) is 11.5 Å². The lowest BCUT2D eigenvalue weighted by atomic mass is 10.2. The highest BCUT2D eigenvalue weighted by atomic mass is 19.1. The Morgan fingerprint density at radius 1 is 1.35 bits per heavy atom. The summed E-state index contributed by atoms with van der Waals surface area (Å²) in [4.78, 5) is 29.7. The first-order valence-electron chi connectivity index (χ1n) is 6.15. The van der Waals surface area contributed by atoms with Crippen molar-refractivity contribution in [3.05, 3.63) is 63.6 Å². The van der Waals surface area contributed by atoms with Gasteiger partial charge in [-0.1, -0.05) is 0 Å². The summed E-state index contributed by atoms with van der Waals surface area (Å²) in [5, 5.41) is 2.69. The van der Waals surface area contributed by atoms with E-state index in [4.69, 9.17) is 0 Å². The van der Waals surface area contributed by atoms with Crippen LogP contribution in [0.25, 0.3) is 0 Å². The van der Waals surface area contributed by atoms with Gasteiger partial charge in [0.05, 0.1) is 0 Å². The van der Waals surface area contributed by atoms with Crippen molar-refractivity contribution in [2.45, 2.75) is 13.3 Å². The van der Waals surface area contributed by atoms with Crippen LogP contribution in [0.5, 0.6) is 0 Å². The molecule has 0 saturated carbocycles. The molecule has 2 rings (SSSR count). The molecule has 2 N–H and O–H groups in total. The Kier molecular flexibility index (Phi) is 4.24. The van der Waals surface area contributed by atoms with Gasteiger partial charge < -0.3 is 10.3 Å². The average Bonchev–Trinajstić information content (AvgIpc) is 2.38. The molecule has 0 spiro atoms. The molecule has 0 aliphatic carbocycles. The number of aryl methyl sites for hydroxylation is 1. The maximum Gasteiger partial charge on any atom is 0.251 e. The summed E-state index contributed by atoms with van der Waals surface area (Å²) in [6.07, 6.45) is 0.456. The summed E-state index contributed by atoms with van der Waals surface area (Å²) < 4.78 is 12.7. The van der Waals surface area contributed by atoms with Gasteiger partial charge in [-0.25, -0.2) is 9.37 Å². The fourth-order valence-corrected chi connectivity index (χ4v) is 1.78. The van der Waals surface area contributed by atoms with Crippen LogP contribution in [0.2, 0.25) is 0 Å². The monoisotopic (exact) mass is 275 g/mol. The van der Waals surface area contributed by atoms with Crippen LogP contribution in [0.15, 0.2) is 35.1 Å². The molecule has 0 radical (unpaired) electrons. The van der Waals surface area contributed by atoms with E-state index in [1.54, 1.807) is 6.92 Å². The second-order valence-electron chi connectivity index (χ2n) is 4.33. The molecule has 0 aliphatic rings. The Morgan fingerprint density at radius 3 is 2.70 bits per heavy atom. The number of amides is 1. The average molecular weight is 275 g/mol. The summed E-state index contributed by atoms with van der Waals surface area (Å²) in [6, 6.07) is 6.70. The number of hydrogen-bond acceptors (Lipinski definition) is 3. The number of nitrogens with one attached hydrogen (secondary N) is 2. The minimum Gasteiger partial charge on any atom is -0.352 e. The number of benzene rings is 1. The van der Waals surface area contributed by atoms with Crippen molar-refractivity contribution in [1.29, 1.82) is 0 Å². The Hall–Kier alpha value is -2.50. The summed E-state index contributed by atoms with van der Waals surface area (Å²) in [7, 11) is 0. The molecule has 1 aromatic heterocycles. The third-order valence-corrected chi connectivity index (χ3v) is 2.69. The van der Waals surface area contributed by atoms with E-state index in [1.807, 2.05) is 0 Å². The molecule has 0 unspecified atom stereocenters. The minimum atomic E-state index is -0.385. The molecule has 1 heterocycles. The fourth-order valence-electron chi connectivity index (χ4n) is 1.78. The highest BCUT2D eigenvalue weighted by Crippen LogP contribution is 2.02. The number of halogens is 1. The van der Waals surface area contributed by atoms with Gasteiger partial charge in [-0.2, -0.15) is 0 Å². The summed E-state index contributed by atoms with van der Waals surface area (Å²) in [5.41, 5.74) is 0.796. The maximum absolute atomic E-state index is 12.7. The Labute approximate surface area is 114 Å². The largest absolute Gasteiger partial charge is 0.352 e. The Bertz CT molecular complexity index is 665. The van der Waals surface area contributed by atoms with Crippen LogP contribution in [-0.4, -0.2) is 22.4 Å². The van der Waals surface area contributed by atoms with Gasteiger partial charge in [0.2, 0.25) is 0 Å². The lowest BCUT2D eigenvalue weighted by molar-refractivity contribution is 0.0954. The van der Waals surface area contributed by atoms with Crippen molar-refractivity contribution in [2.75, 3.05) is 6.54 Å². The molecule has 0 aliphatic heterocycles. The number of hydrogen-bond donors (Lipinski definition) is 2. The van der Waals surface area contributed by atoms with Crippen LogP contribution >= 0.6 is 0 Å². The van der Waals surface area contributed by atoms with E-state index in [0.29, 0.717) is 30.0 Å². The van der Waals surface area contributed by atoms with Crippen LogP contribution in [0.3, 0.4) is 0 Å². The molecule has 5 nitrogen and oxygen atoms in total. The third kappa shape index (κ3) is 3.74. The zero-order chi connectivity index (χ0) is 14.5. The van der Waals surface area contributed by atoms with E-state index in [9.17, 15) is 14.0 Å². The van der Waals surface area contributed by atoms with Crippen LogP contribution in [-0.2, 0) is 6.42 Å². The van der Waals surface area contributed by atoms with Gasteiger partial charge in [-0.3, -0.25) is 9.59 Å². The Balaban J connectivity index is 1.91. The van der Waals surface area contributed by atoms with Gasteiger partial charge in [-0.05, 0) is 31.2 Å². The predicted molar refractivity (Wildman–Crippen MR) is 72.0 cm³/mol. The molecular formula is C14H14FN3O2. The quantitative estimate of drug-likeness (QED) is 0.880. The molecule has 20 heavy (non-hydrogen) atoms. The fraction of sp³-hybridized carbons (Fsp3) is 0.214. The van der Waals surface area contributed by atoms with Crippen molar-refractivity contribution < 1.29 is 9.18 Å². The first kappa shape index (κ1) is 13.9. The van der Waals surface area contributed by atoms with Crippen LogP contribution < -0.4 is 10.9 Å². The van der Waals surface area contributed by atoms with Gasteiger partial charge in [-0.15, -0.1) is 0 Å². The highest BCUT2D eigenvalue weighted by molar-refractivity contribution is 5.94. The summed E-state index contributed by atoms with van der Waals surface area (Å²) in [6.45, 7) is 2.05. The van der Waals surface area contributed by atoms with Gasteiger partial charge in [0.1, 0.15) is 11.6 Å². The first-order chi connectivity index (χ1) is 9.54. The molecule has 2 aromatic rings. The topological polar surface area (TPSA) is 74.8 Å². The van der Waals surface area contributed by atoms with E-state index in [2.05, 4.69) is 15.3 Å². The zero-order valence-corrected chi connectivity index (χ0v) is 10.9. The van der Waals surface area contributed by atoms with E-state index < -0.39 is 0 Å². The van der Waals surface area contributed by atoms with Crippen LogP contribution in [0.1, 0.15) is 21.9 Å². The molecule has 6 heteroatoms. The summed E-state index contributed by atoms with van der Waals surface area (Å²) >= 11 is 0.